The minimum Gasteiger partial charge on any atom is -0.348 e. The molecule has 6 rings (SSSR count). The van der Waals surface area contributed by atoms with E-state index >= 15 is 0 Å². The highest BCUT2D eigenvalue weighted by Gasteiger charge is 2.36. The highest BCUT2D eigenvalue weighted by atomic mass is 35.5. The number of imidazole rings is 1. The van der Waals surface area contributed by atoms with Gasteiger partial charge in [-0.3, -0.25) is 9.78 Å². The van der Waals surface area contributed by atoms with Crippen molar-refractivity contribution in [1.82, 2.24) is 34.6 Å². The van der Waals surface area contributed by atoms with Crippen LogP contribution in [0.2, 0.25) is 5.15 Å². The van der Waals surface area contributed by atoms with Crippen LogP contribution in [0.4, 0.5) is 0 Å². The minimum absolute atomic E-state index is 0.128. The Labute approximate surface area is 193 Å². The first-order valence-corrected chi connectivity index (χ1v) is 10.9. The van der Waals surface area contributed by atoms with Gasteiger partial charge in [0, 0.05) is 36.4 Å². The lowest BCUT2D eigenvalue weighted by atomic mass is 9.98. The van der Waals surface area contributed by atoms with Crippen LogP contribution in [0.5, 0.6) is 0 Å². The summed E-state index contributed by atoms with van der Waals surface area (Å²) in [5, 5.41) is 5.47. The van der Waals surface area contributed by atoms with Crippen LogP contribution in [-0.4, -0.2) is 47.1 Å². The molecule has 0 saturated carbocycles. The number of aromatic nitrogens is 6. The lowest BCUT2D eigenvalue weighted by Gasteiger charge is -2.34. The molecule has 0 saturated heterocycles. The zero-order valence-corrected chi connectivity index (χ0v) is 18.1. The lowest BCUT2D eigenvalue weighted by Crippen LogP contribution is -2.41. The molecule has 4 aromatic heterocycles. The van der Waals surface area contributed by atoms with E-state index in [0.717, 1.165) is 28.0 Å². The SMILES string of the molecule is O=C(c1cn(-c2ccccn2)nc1Cl)N1CCc2[nH]cnc2[C@@H]1c1ccc2ccccc2n1. The summed E-state index contributed by atoms with van der Waals surface area (Å²) in [5.74, 6) is 0.357. The monoisotopic (exact) mass is 455 g/mol. The van der Waals surface area contributed by atoms with Gasteiger partial charge in [0.2, 0.25) is 0 Å². The Kier molecular flexibility index (Phi) is 4.66. The minimum atomic E-state index is -0.439. The molecule has 0 unspecified atom stereocenters. The van der Waals surface area contributed by atoms with Gasteiger partial charge in [-0.05, 0) is 24.3 Å². The molecule has 1 atom stereocenters. The molecule has 8 nitrogen and oxygen atoms in total. The van der Waals surface area contributed by atoms with Gasteiger partial charge in [0.1, 0.15) is 6.04 Å². The number of fused-ring (bicyclic) bond motifs is 2. The molecule has 1 aromatic carbocycles. The van der Waals surface area contributed by atoms with Gasteiger partial charge in [-0.25, -0.2) is 14.6 Å². The molecule has 0 spiro atoms. The van der Waals surface area contributed by atoms with E-state index in [1.54, 1.807) is 29.7 Å². The van der Waals surface area contributed by atoms with Gasteiger partial charge in [-0.1, -0.05) is 41.9 Å². The smallest absolute Gasteiger partial charge is 0.259 e. The maximum Gasteiger partial charge on any atom is 0.259 e. The van der Waals surface area contributed by atoms with E-state index in [1.165, 1.54) is 4.68 Å². The topological polar surface area (TPSA) is 92.6 Å². The van der Waals surface area contributed by atoms with E-state index < -0.39 is 6.04 Å². The van der Waals surface area contributed by atoms with Gasteiger partial charge in [0.05, 0.1) is 28.8 Å². The third-order valence-corrected chi connectivity index (χ3v) is 6.15. The van der Waals surface area contributed by atoms with Gasteiger partial charge in [0.25, 0.3) is 5.91 Å². The Morgan fingerprint density at radius 3 is 2.82 bits per heavy atom. The van der Waals surface area contributed by atoms with Crippen LogP contribution >= 0.6 is 11.6 Å². The molecule has 1 amide bonds. The predicted octanol–water partition coefficient (Wildman–Crippen LogP) is 3.98. The van der Waals surface area contributed by atoms with Crippen molar-refractivity contribution in [2.45, 2.75) is 12.5 Å². The Morgan fingerprint density at radius 1 is 1.06 bits per heavy atom. The number of para-hydroxylation sites is 1. The molecule has 0 radical (unpaired) electrons. The number of amides is 1. The molecule has 1 aliphatic rings. The van der Waals surface area contributed by atoms with E-state index in [0.29, 0.717) is 24.3 Å². The molecular weight excluding hydrogens is 438 g/mol. The number of H-pyrrole nitrogens is 1. The van der Waals surface area contributed by atoms with Gasteiger partial charge >= 0.3 is 0 Å². The molecule has 0 aliphatic carbocycles. The van der Waals surface area contributed by atoms with E-state index in [1.807, 2.05) is 48.5 Å². The summed E-state index contributed by atoms with van der Waals surface area (Å²) < 4.78 is 1.52. The van der Waals surface area contributed by atoms with E-state index in [2.05, 4.69) is 20.1 Å². The number of pyridine rings is 2. The summed E-state index contributed by atoms with van der Waals surface area (Å²) in [4.78, 5) is 32.4. The second-order valence-electron chi connectivity index (χ2n) is 7.81. The number of nitrogens with zero attached hydrogens (tertiary/aromatic N) is 6. The van der Waals surface area contributed by atoms with Crippen molar-refractivity contribution in [3.8, 4) is 5.82 Å². The zero-order chi connectivity index (χ0) is 22.4. The van der Waals surface area contributed by atoms with Crippen molar-refractivity contribution < 1.29 is 4.79 Å². The number of carbonyl (C=O) groups is 1. The van der Waals surface area contributed by atoms with E-state index in [4.69, 9.17) is 16.6 Å². The molecule has 9 heteroatoms. The standard InChI is InChI=1S/C24H18ClN7O/c25-23-16(13-32(30-23)20-7-3-4-11-26-20)24(33)31-12-10-18-21(28-14-27-18)22(31)19-9-8-15-5-1-2-6-17(15)29-19/h1-9,11,13-14,22H,10,12H2,(H,27,28)/t22-/m0/s1. The van der Waals surface area contributed by atoms with Crippen molar-refractivity contribution in [1.29, 1.82) is 0 Å². The highest BCUT2D eigenvalue weighted by molar-refractivity contribution is 6.32. The largest absolute Gasteiger partial charge is 0.348 e. The summed E-state index contributed by atoms with van der Waals surface area (Å²) in [5.41, 5.74) is 3.74. The fraction of sp³-hybridized carbons (Fsp3) is 0.125. The molecule has 162 valence electrons. The Hall–Kier alpha value is -4.04. The van der Waals surface area contributed by atoms with Crippen LogP contribution in [0.1, 0.15) is 33.5 Å². The summed E-state index contributed by atoms with van der Waals surface area (Å²) in [6.07, 6.45) is 5.62. The number of halogens is 1. The predicted molar refractivity (Wildman–Crippen MR) is 123 cm³/mol. The first-order valence-electron chi connectivity index (χ1n) is 10.5. The normalized spacial score (nSPS) is 15.5. The second-order valence-corrected chi connectivity index (χ2v) is 8.17. The average Bonchev–Trinajstić information content (AvgIpc) is 3.50. The number of hydrogen-bond acceptors (Lipinski definition) is 5. The maximum absolute atomic E-state index is 13.7. The Balaban J connectivity index is 1.43. The molecule has 5 heterocycles. The zero-order valence-electron chi connectivity index (χ0n) is 17.4. The first kappa shape index (κ1) is 19.6. The average molecular weight is 456 g/mol. The Morgan fingerprint density at radius 2 is 1.94 bits per heavy atom. The molecule has 1 N–H and O–H groups in total. The number of benzene rings is 1. The molecular formula is C24H18ClN7O. The van der Waals surface area contributed by atoms with E-state index in [9.17, 15) is 4.79 Å². The molecule has 1 aliphatic heterocycles. The van der Waals surface area contributed by atoms with Gasteiger partial charge in [-0.15, -0.1) is 0 Å². The van der Waals surface area contributed by atoms with Crippen molar-refractivity contribution in [2.75, 3.05) is 6.54 Å². The van der Waals surface area contributed by atoms with Crippen molar-refractivity contribution in [3.05, 3.63) is 101 Å². The third kappa shape index (κ3) is 3.35. The van der Waals surface area contributed by atoms with Gasteiger partial charge < -0.3 is 9.88 Å². The highest BCUT2D eigenvalue weighted by Crippen LogP contribution is 2.35. The molecule has 5 aromatic rings. The number of rotatable bonds is 3. The van der Waals surface area contributed by atoms with Crippen LogP contribution in [0, 0.1) is 0 Å². The fourth-order valence-corrected chi connectivity index (χ4v) is 4.50. The summed E-state index contributed by atoms with van der Waals surface area (Å²) >= 11 is 6.42. The summed E-state index contributed by atoms with van der Waals surface area (Å²) in [6.45, 7) is 0.498. The fourth-order valence-electron chi connectivity index (χ4n) is 4.29. The van der Waals surface area contributed by atoms with Crippen LogP contribution in [0.25, 0.3) is 16.7 Å². The van der Waals surface area contributed by atoms with Gasteiger partial charge in [-0.2, -0.15) is 5.10 Å². The number of hydrogen-bond donors (Lipinski definition) is 1. The van der Waals surface area contributed by atoms with Crippen LogP contribution in [0.15, 0.2) is 73.3 Å². The van der Waals surface area contributed by atoms with Crippen LogP contribution in [-0.2, 0) is 6.42 Å². The van der Waals surface area contributed by atoms with Crippen molar-refractivity contribution in [3.63, 3.8) is 0 Å². The molecule has 33 heavy (non-hydrogen) atoms. The van der Waals surface area contributed by atoms with Crippen molar-refractivity contribution >= 4 is 28.4 Å². The third-order valence-electron chi connectivity index (χ3n) is 5.87. The van der Waals surface area contributed by atoms with E-state index in [-0.39, 0.29) is 11.1 Å². The Bertz CT molecular complexity index is 1480. The van der Waals surface area contributed by atoms with Gasteiger partial charge in [0.15, 0.2) is 11.0 Å². The number of nitrogens with one attached hydrogen (secondary N) is 1. The maximum atomic E-state index is 13.7. The quantitative estimate of drug-likeness (QED) is 0.444. The molecule has 0 bridgehead atoms. The number of aromatic amines is 1. The van der Waals surface area contributed by atoms with Crippen molar-refractivity contribution in [2.24, 2.45) is 0 Å². The number of carbonyl (C=O) groups excluding carboxylic acids is 1. The second kappa shape index (κ2) is 7.83. The molecule has 0 fully saturated rings. The van der Waals surface area contributed by atoms with Crippen LogP contribution in [0.3, 0.4) is 0 Å². The summed E-state index contributed by atoms with van der Waals surface area (Å²) in [6, 6.07) is 16.9. The van der Waals surface area contributed by atoms with Crippen LogP contribution < -0.4 is 0 Å². The summed E-state index contributed by atoms with van der Waals surface area (Å²) in [7, 11) is 0. The lowest BCUT2D eigenvalue weighted by molar-refractivity contribution is 0.0687. The first-order chi connectivity index (χ1) is 16.2.